The van der Waals surface area contributed by atoms with Gasteiger partial charge < -0.3 is 10.2 Å². The van der Waals surface area contributed by atoms with Crippen LogP contribution in [0, 0.1) is 11.3 Å². The van der Waals surface area contributed by atoms with Crippen molar-refractivity contribution in [3.8, 4) is 6.07 Å². The second kappa shape index (κ2) is 9.71. The third kappa shape index (κ3) is 4.90. The summed E-state index contributed by atoms with van der Waals surface area (Å²) in [5.74, 6) is -0.0174. The molecule has 0 bridgehead atoms. The molecule has 0 radical (unpaired) electrons. The van der Waals surface area contributed by atoms with Crippen LogP contribution in [0.25, 0.3) is 0 Å². The quantitative estimate of drug-likeness (QED) is 0.774. The van der Waals surface area contributed by atoms with Gasteiger partial charge in [-0.3, -0.25) is 14.6 Å². The van der Waals surface area contributed by atoms with E-state index >= 15 is 0 Å². The second-order valence-electron chi connectivity index (χ2n) is 8.02. The lowest BCUT2D eigenvalue weighted by Crippen LogP contribution is -2.48. The average molecular weight is 424 g/mol. The summed E-state index contributed by atoms with van der Waals surface area (Å²) >= 11 is 1.57. The van der Waals surface area contributed by atoms with E-state index in [1.165, 1.54) is 10.4 Å². The van der Waals surface area contributed by atoms with Crippen LogP contribution in [0.2, 0.25) is 0 Å². The zero-order valence-corrected chi connectivity index (χ0v) is 18.4. The van der Waals surface area contributed by atoms with Gasteiger partial charge in [0.2, 0.25) is 5.91 Å². The van der Waals surface area contributed by atoms with E-state index in [4.69, 9.17) is 0 Å². The fraction of sp³-hybridized carbons (Fsp3) is 0.478. The Morgan fingerprint density at radius 1 is 1.10 bits per heavy atom. The SMILES string of the molecule is CCN1CCN(CC(=O)Nc2sc3c(c2C#N)CCN(Cc2ccccc2)C3)CC1. The minimum atomic E-state index is -0.0174. The molecule has 1 N–H and O–H groups in total. The number of piperazine rings is 1. The number of hydrogen-bond donors (Lipinski definition) is 1. The first-order valence-corrected chi connectivity index (χ1v) is 11.5. The Labute approximate surface area is 182 Å². The third-order valence-electron chi connectivity index (χ3n) is 6.03. The molecule has 2 aromatic rings. The lowest BCUT2D eigenvalue weighted by atomic mass is 10.0. The van der Waals surface area contributed by atoms with Crippen LogP contribution in [0.1, 0.15) is 28.5 Å². The molecule has 0 aliphatic carbocycles. The van der Waals surface area contributed by atoms with Gasteiger partial charge in [0.25, 0.3) is 0 Å². The molecule has 1 aromatic heterocycles. The van der Waals surface area contributed by atoms with Crippen LogP contribution in [0.5, 0.6) is 0 Å². The maximum absolute atomic E-state index is 12.6. The largest absolute Gasteiger partial charge is 0.315 e. The smallest absolute Gasteiger partial charge is 0.239 e. The summed E-state index contributed by atoms with van der Waals surface area (Å²) in [4.78, 5) is 20.9. The molecule has 1 aromatic carbocycles. The van der Waals surface area contributed by atoms with Crippen molar-refractivity contribution in [3.63, 3.8) is 0 Å². The molecule has 4 rings (SSSR count). The number of carbonyl (C=O) groups excluding carboxylic acids is 1. The molecule has 0 atom stereocenters. The standard InChI is InChI=1S/C23H29N5OS/c1-2-26-10-12-27(13-11-26)17-22(29)25-23-20(14-24)19-8-9-28(16-21(19)30-23)15-18-6-4-3-5-7-18/h3-7H,2,8-13,15-17H2,1H3,(H,25,29). The molecular weight excluding hydrogens is 394 g/mol. The number of likely N-dealkylation sites (N-methyl/N-ethyl adjacent to an activating group) is 1. The van der Waals surface area contributed by atoms with Gasteiger partial charge in [-0.2, -0.15) is 5.26 Å². The van der Waals surface area contributed by atoms with Gasteiger partial charge in [0.05, 0.1) is 12.1 Å². The van der Waals surface area contributed by atoms with Crippen LogP contribution in [0.3, 0.4) is 0 Å². The third-order valence-corrected chi connectivity index (χ3v) is 7.16. The van der Waals surface area contributed by atoms with E-state index in [0.717, 1.165) is 69.3 Å². The van der Waals surface area contributed by atoms with Gasteiger partial charge in [-0.05, 0) is 24.1 Å². The zero-order chi connectivity index (χ0) is 20.9. The highest BCUT2D eigenvalue weighted by Crippen LogP contribution is 2.37. The number of amides is 1. The van der Waals surface area contributed by atoms with Crippen molar-refractivity contribution >= 4 is 22.2 Å². The lowest BCUT2D eigenvalue weighted by molar-refractivity contribution is -0.117. The average Bonchev–Trinajstić information content (AvgIpc) is 3.10. The zero-order valence-electron chi connectivity index (χ0n) is 17.6. The second-order valence-corrected chi connectivity index (χ2v) is 9.13. The maximum atomic E-state index is 12.6. The number of anilines is 1. The van der Waals surface area contributed by atoms with Crippen molar-refractivity contribution in [1.82, 2.24) is 14.7 Å². The van der Waals surface area contributed by atoms with Gasteiger partial charge >= 0.3 is 0 Å². The predicted octanol–water partition coefficient (Wildman–Crippen LogP) is 2.75. The highest BCUT2D eigenvalue weighted by Gasteiger charge is 2.26. The molecule has 1 saturated heterocycles. The molecule has 1 amide bonds. The molecule has 1 fully saturated rings. The Morgan fingerprint density at radius 3 is 2.53 bits per heavy atom. The molecule has 7 heteroatoms. The van der Waals surface area contributed by atoms with Crippen molar-refractivity contribution in [3.05, 3.63) is 51.9 Å². The van der Waals surface area contributed by atoms with Crippen molar-refractivity contribution < 1.29 is 4.79 Å². The topological polar surface area (TPSA) is 62.6 Å². The maximum Gasteiger partial charge on any atom is 0.239 e. The van der Waals surface area contributed by atoms with Crippen LogP contribution in [0.4, 0.5) is 5.00 Å². The Hall–Kier alpha value is -2.24. The molecule has 2 aliphatic heterocycles. The highest BCUT2D eigenvalue weighted by molar-refractivity contribution is 7.16. The molecule has 0 saturated carbocycles. The van der Waals surface area contributed by atoms with Crippen LogP contribution in [-0.4, -0.2) is 66.4 Å². The number of fused-ring (bicyclic) bond motifs is 1. The summed E-state index contributed by atoms with van der Waals surface area (Å²) in [6, 6.07) is 12.8. The highest BCUT2D eigenvalue weighted by atomic mass is 32.1. The van der Waals surface area contributed by atoms with Crippen LogP contribution < -0.4 is 5.32 Å². The van der Waals surface area contributed by atoms with Crippen molar-refractivity contribution in [1.29, 1.82) is 5.26 Å². The van der Waals surface area contributed by atoms with E-state index in [0.29, 0.717) is 12.1 Å². The summed E-state index contributed by atoms with van der Waals surface area (Å²) in [5, 5.41) is 13.5. The Balaban J connectivity index is 1.38. The number of nitrogens with zero attached hydrogens (tertiary/aromatic N) is 4. The minimum Gasteiger partial charge on any atom is -0.315 e. The first-order valence-electron chi connectivity index (χ1n) is 10.7. The van der Waals surface area contributed by atoms with Crippen LogP contribution >= 0.6 is 11.3 Å². The van der Waals surface area contributed by atoms with Crippen molar-refractivity contribution in [2.24, 2.45) is 0 Å². The van der Waals surface area contributed by atoms with Gasteiger partial charge in [-0.15, -0.1) is 11.3 Å². The fourth-order valence-corrected chi connectivity index (χ4v) is 5.53. The molecule has 0 spiro atoms. The number of rotatable bonds is 6. The number of carbonyl (C=O) groups is 1. The van der Waals surface area contributed by atoms with Crippen molar-refractivity contribution in [2.75, 3.05) is 51.1 Å². The number of nitriles is 1. The molecule has 0 unspecified atom stereocenters. The first-order chi connectivity index (χ1) is 14.7. The predicted molar refractivity (Wildman–Crippen MR) is 120 cm³/mol. The fourth-order valence-electron chi connectivity index (χ4n) is 4.27. The number of thiophene rings is 1. The van der Waals surface area contributed by atoms with E-state index in [1.54, 1.807) is 11.3 Å². The summed E-state index contributed by atoms with van der Waals surface area (Å²) in [5.41, 5.74) is 3.09. The lowest BCUT2D eigenvalue weighted by Gasteiger charge is -2.33. The molecule has 3 heterocycles. The molecule has 2 aliphatic rings. The minimum absolute atomic E-state index is 0.0174. The van der Waals surface area contributed by atoms with E-state index in [-0.39, 0.29) is 5.91 Å². The van der Waals surface area contributed by atoms with Gasteiger partial charge in [0.15, 0.2) is 0 Å². The number of hydrogen-bond acceptors (Lipinski definition) is 6. The van der Waals surface area contributed by atoms with E-state index in [2.05, 4.69) is 57.3 Å². The summed E-state index contributed by atoms with van der Waals surface area (Å²) in [7, 11) is 0. The Kier molecular flexibility index (Phi) is 6.80. The van der Waals surface area contributed by atoms with E-state index in [9.17, 15) is 10.1 Å². The van der Waals surface area contributed by atoms with Gasteiger partial charge in [0, 0.05) is 50.7 Å². The van der Waals surface area contributed by atoms with E-state index < -0.39 is 0 Å². The van der Waals surface area contributed by atoms with Gasteiger partial charge in [0.1, 0.15) is 11.1 Å². The monoisotopic (exact) mass is 423 g/mol. The summed E-state index contributed by atoms with van der Waals surface area (Å²) in [6.07, 6.45) is 0.858. The van der Waals surface area contributed by atoms with Gasteiger partial charge in [-0.1, -0.05) is 37.3 Å². The molecule has 158 valence electrons. The molecule has 30 heavy (non-hydrogen) atoms. The number of benzene rings is 1. The van der Waals surface area contributed by atoms with Gasteiger partial charge in [-0.25, -0.2) is 0 Å². The first kappa shape index (κ1) is 21.0. The normalized spacial score (nSPS) is 18.0. The van der Waals surface area contributed by atoms with Crippen molar-refractivity contribution in [2.45, 2.75) is 26.4 Å². The Morgan fingerprint density at radius 2 is 1.83 bits per heavy atom. The molecular formula is C23H29N5OS. The van der Waals surface area contributed by atoms with Crippen LogP contribution in [-0.2, 0) is 24.3 Å². The summed E-state index contributed by atoms with van der Waals surface area (Å²) in [6.45, 7) is 10.2. The molecule has 6 nitrogen and oxygen atoms in total. The number of nitrogens with one attached hydrogen (secondary N) is 1. The Bertz CT molecular complexity index is 912. The summed E-state index contributed by atoms with van der Waals surface area (Å²) < 4.78 is 0. The van der Waals surface area contributed by atoms with Crippen LogP contribution in [0.15, 0.2) is 30.3 Å². The van der Waals surface area contributed by atoms with E-state index in [1.807, 2.05) is 6.07 Å².